The highest BCUT2D eigenvalue weighted by atomic mass is 32.2. The van der Waals surface area contributed by atoms with Crippen molar-refractivity contribution in [3.05, 3.63) is 0 Å². The van der Waals surface area contributed by atoms with E-state index in [1.54, 1.807) is 23.3 Å². The van der Waals surface area contributed by atoms with Crippen molar-refractivity contribution in [1.29, 1.82) is 0 Å². The van der Waals surface area contributed by atoms with Crippen LogP contribution in [0.1, 0.15) is 12.8 Å². The Morgan fingerprint density at radius 1 is 1.33 bits per heavy atom. The molecule has 2 aliphatic rings. The van der Waals surface area contributed by atoms with E-state index in [0.717, 1.165) is 23.9 Å². The Morgan fingerprint density at radius 3 is 2.67 bits per heavy atom. The summed E-state index contributed by atoms with van der Waals surface area (Å²) in [7, 11) is 0. The molecule has 1 aromatic rings. The number of thioether (sulfide) groups is 1. The van der Waals surface area contributed by atoms with Gasteiger partial charge >= 0.3 is 0 Å². The van der Waals surface area contributed by atoms with Crippen LogP contribution >= 0.6 is 23.3 Å². The van der Waals surface area contributed by atoms with E-state index >= 15 is 0 Å². The molecule has 4 nitrogen and oxygen atoms in total. The maximum Gasteiger partial charge on any atom is 0.153 e. The van der Waals surface area contributed by atoms with Gasteiger partial charge in [-0.05, 0) is 36.5 Å². The molecule has 6 heteroatoms. The Hall–Kier alpha value is -0.460. The molecule has 0 bridgehead atoms. The second-order valence-electron chi connectivity index (χ2n) is 5.14. The van der Waals surface area contributed by atoms with E-state index in [1.165, 1.54) is 37.5 Å². The van der Waals surface area contributed by atoms with Gasteiger partial charge in [0.05, 0.1) is 4.90 Å². The number of nitrogens with two attached hydrogens (primary N) is 1. The summed E-state index contributed by atoms with van der Waals surface area (Å²) in [4.78, 5) is 6.22. The van der Waals surface area contributed by atoms with Crippen molar-refractivity contribution in [2.24, 2.45) is 5.92 Å². The Balaban J connectivity index is 1.60. The zero-order valence-electron chi connectivity index (χ0n) is 10.8. The molecule has 100 valence electrons. The number of piperazine rings is 1. The quantitative estimate of drug-likeness (QED) is 0.857. The van der Waals surface area contributed by atoms with Gasteiger partial charge in [0.25, 0.3) is 0 Å². The third-order valence-corrected chi connectivity index (χ3v) is 5.60. The zero-order valence-corrected chi connectivity index (χ0v) is 12.4. The normalized spacial score (nSPS) is 21.5. The molecule has 0 amide bonds. The van der Waals surface area contributed by atoms with Crippen LogP contribution in [0.25, 0.3) is 0 Å². The Labute approximate surface area is 117 Å². The SMILES string of the molecule is CSc1c(N)nsc1N1CCN(CC2CC2)CC1. The summed E-state index contributed by atoms with van der Waals surface area (Å²) < 4.78 is 4.28. The van der Waals surface area contributed by atoms with Gasteiger partial charge < -0.3 is 10.6 Å². The lowest BCUT2D eigenvalue weighted by atomic mass is 10.3. The van der Waals surface area contributed by atoms with Crippen molar-refractivity contribution in [3.8, 4) is 0 Å². The highest BCUT2D eigenvalue weighted by molar-refractivity contribution is 7.99. The summed E-state index contributed by atoms with van der Waals surface area (Å²) in [5.74, 6) is 1.69. The molecule has 1 saturated heterocycles. The molecule has 1 aromatic heterocycles. The third-order valence-electron chi connectivity index (χ3n) is 3.73. The lowest BCUT2D eigenvalue weighted by Crippen LogP contribution is -2.46. The van der Waals surface area contributed by atoms with Gasteiger partial charge in [0.1, 0.15) is 5.00 Å². The molecule has 1 aliphatic carbocycles. The summed E-state index contributed by atoms with van der Waals surface area (Å²) in [6.07, 6.45) is 4.97. The maximum absolute atomic E-state index is 5.90. The van der Waals surface area contributed by atoms with Crippen molar-refractivity contribution in [3.63, 3.8) is 0 Å². The topological polar surface area (TPSA) is 45.4 Å². The maximum atomic E-state index is 5.90. The van der Waals surface area contributed by atoms with E-state index in [0.29, 0.717) is 5.82 Å². The summed E-state index contributed by atoms with van der Waals surface area (Å²) in [5.41, 5.74) is 5.90. The van der Waals surface area contributed by atoms with Gasteiger partial charge in [0, 0.05) is 32.7 Å². The molecule has 1 saturated carbocycles. The molecule has 0 unspecified atom stereocenters. The highest BCUT2D eigenvalue weighted by Gasteiger charge is 2.27. The van der Waals surface area contributed by atoms with Crippen LogP contribution in [0.4, 0.5) is 10.8 Å². The second-order valence-corrected chi connectivity index (χ2v) is 6.71. The smallest absolute Gasteiger partial charge is 0.153 e. The van der Waals surface area contributed by atoms with Crippen LogP contribution in [0.2, 0.25) is 0 Å². The Bertz CT molecular complexity index is 408. The summed E-state index contributed by atoms with van der Waals surface area (Å²) in [6, 6.07) is 0. The number of aromatic nitrogens is 1. The van der Waals surface area contributed by atoms with Crippen LogP contribution in [0.15, 0.2) is 4.90 Å². The number of rotatable bonds is 4. The van der Waals surface area contributed by atoms with E-state index in [2.05, 4.69) is 20.4 Å². The number of anilines is 2. The van der Waals surface area contributed by atoms with Crippen LogP contribution < -0.4 is 10.6 Å². The van der Waals surface area contributed by atoms with E-state index in [1.807, 2.05) is 0 Å². The molecule has 0 radical (unpaired) electrons. The van der Waals surface area contributed by atoms with Gasteiger partial charge in [-0.3, -0.25) is 4.90 Å². The fraction of sp³-hybridized carbons (Fsp3) is 0.750. The van der Waals surface area contributed by atoms with Gasteiger partial charge in [-0.15, -0.1) is 11.8 Å². The first-order chi connectivity index (χ1) is 8.78. The Kier molecular flexibility index (Phi) is 3.68. The fourth-order valence-electron chi connectivity index (χ4n) is 2.48. The number of nitrogens with zero attached hydrogens (tertiary/aromatic N) is 3. The molecule has 0 atom stereocenters. The van der Waals surface area contributed by atoms with Crippen LogP contribution in [0.3, 0.4) is 0 Å². The minimum absolute atomic E-state index is 0.697. The predicted molar refractivity (Wildman–Crippen MR) is 79.7 cm³/mol. The summed E-state index contributed by atoms with van der Waals surface area (Å²) >= 11 is 3.26. The van der Waals surface area contributed by atoms with Crippen LogP contribution in [-0.4, -0.2) is 48.3 Å². The van der Waals surface area contributed by atoms with E-state index in [4.69, 9.17) is 5.73 Å². The number of hydrogen-bond donors (Lipinski definition) is 1. The first-order valence-corrected chi connectivity index (χ1v) is 8.54. The molecule has 2 heterocycles. The fourth-order valence-corrected chi connectivity index (χ4v) is 4.22. The third kappa shape index (κ3) is 2.60. The first-order valence-electron chi connectivity index (χ1n) is 6.54. The van der Waals surface area contributed by atoms with E-state index in [-0.39, 0.29) is 0 Å². The first kappa shape index (κ1) is 12.6. The lowest BCUT2D eigenvalue weighted by Gasteiger charge is -2.35. The van der Waals surface area contributed by atoms with Crippen molar-refractivity contribution in [2.75, 3.05) is 49.6 Å². The van der Waals surface area contributed by atoms with Crippen molar-refractivity contribution < 1.29 is 0 Å². The standard InChI is InChI=1S/C12H20N4S2/c1-17-10-11(13)14-18-12(10)16-6-4-15(5-7-16)8-9-2-3-9/h9H,2-8H2,1H3,(H2,13,14). The van der Waals surface area contributed by atoms with E-state index in [9.17, 15) is 0 Å². The molecule has 2 N–H and O–H groups in total. The Morgan fingerprint density at radius 2 is 2.06 bits per heavy atom. The molecule has 0 aromatic carbocycles. The predicted octanol–water partition coefficient (Wildman–Crippen LogP) is 1.98. The van der Waals surface area contributed by atoms with Gasteiger partial charge in [-0.25, -0.2) is 0 Å². The minimum Gasteiger partial charge on any atom is -0.382 e. The van der Waals surface area contributed by atoms with E-state index < -0.39 is 0 Å². The number of hydrogen-bond acceptors (Lipinski definition) is 6. The van der Waals surface area contributed by atoms with Gasteiger partial charge in [0.15, 0.2) is 5.82 Å². The molecule has 18 heavy (non-hydrogen) atoms. The molecule has 2 fully saturated rings. The van der Waals surface area contributed by atoms with Gasteiger partial charge in [-0.1, -0.05) is 0 Å². The van der Waals surface area contributed by atoms with Crippen LogP contribution in [-0.2, 0) is 0 Å². The average Bonchev–Trinajstić information content (AvgIpc) is 3.12. The molecule has 0 spiro atoms. The zero-order chi connectivity index (χ0) is 12.5. The van der Waals surface area contributed by atoms with Crippen molar-refractivity contribution >= 4 is 34.1 Å². The molecular weight excluding hydrogens is 264 g/mol. The largest absolute Gasteiger partial charge is 0.382 e. The van der Waals surface area contributed by atoms with Crippen LogP contribution in [0, 0.1) is 5.92 Å². The average molecular weight is 284 g/mol. The summed E-state index contributed by atoms with van der Waals surface area (Å²) in [5, 5.41) is 1.27. The van der Waals surface area contributed by atoms with Gasteiger partial charge in [0.2, 0.25) is 0 Å². The van der Waals surface area contributed by atoms with Crippen molar-refractivity contribution in [1.82, 2.24) is 9.27 Å². The highest BCUT2D eigenvalue weighted by Crippen LogP contribution is 2.38. The second kappa shape index (κ2) is 5.27. The van der Waals surface area contributed by atoms with Crippen molar-refractivity contribution in [2.45, 2.75) is 17.7 Å². The summed E-state index contributed by atoms with van der Waals surface area (Å²) in [6.45, 7) is 5.90. The molecule has 3 rings (SSSR count). The molecular formula is C12H20N4S2. The van der Waals surface area contributed by atoms with Crippen LogP contribution in [0.5, 0.6) is 0 Å². The minimum atomic E-state index is 0.697. The van der Waals surface area contributed by atoms with Gasteiger partial charge in [-0.2, -0.15) is 4.37 Å². The monoisotopic (exact) mass is 284 g/mol. The molecule has 1 aliphatic heterocycles. The lowest BCUT2D eigenvalue weighted by molar-refractivity contribution is 0.248. The number of nitrogen functional groups attached to an aromatic ring is 1.